The van der Waals surface area contributed by atoms with Crippen LogP contribution in [0.25, 0.3) is 0 Å². The lowest BCUT2D eigenvalue weighted by molar-refractivity contribution is -0.0274. The van der Waals surface area contributed by atoms with Crippen LogP contribution in [0, 0.1) is 5.82 Å². The molecule has 2 aromatic rings. The highest BCUT2D eigenvalue weighted by molar-refractivity contribution is 6.33. The number of rotatable bonds is 9. The largest absolute Gasteiger partial charge is 0.496 e. The molecule has 1 atom stereocenters. The second kappa shape index (κ2) is 11.2. The zero-order valence-electron chi connectivity index (χ0n) is 17.4. The Hall–Kier alpha value is -2.55. The summed E-state index contributed by atoms with van der Waals surface area (Å²) in [6.45, 7) is 3.78. The molecule has 1 saturated heterocycles. The Kier molecular flexibility index (Phi) is 8.34. The Bertz CT molecular complexity index is 899. The molecule has 9 heteroatoms. The van der Waals surface area contributed by atoms with Crippen LogP contribution in [0.5, 0.6) is 11.5 Å². The van der Waals surface area contributed by atoms with Crippen LogP contribution in [0.15, 0.2) is 36.4 Å². The van der Waals surface area contributed by atoms with Crippen molar-refractivity contribution in [1.29, 1.82) is 0 Å². The van der Waals surface area contributed by atoms with Crippen LogP contribution in [0.2, 0.25) is 5.02 Å². The molecule has 1 unspecified atom stereocenters. The number of carbonyl (C=O) groups is 1. The van der Waals surface area contributed by atoms with Gasteiger partial charge >= 0.3 is 0 Å². The molecule has 1 aliphatic heterocycles. The number of nitrogen functional groups attached to an aromatic ring is 1. The van der Waals surface area contributed by atoms with Crippen molar-refractivity contribution in [2.24, 2.45) is 0 Å². The average Bonchev–Trinajstić information content (AvgIpc) is 2.77. The van der Waals surface area contributed by atoms with E-state index in [1.54, 1.807) is 12.1 Å². The molecule has 2 aromatic carbocycles. The Morgan fingerprint density at radius 1 is 1.39 bits per heavy atom. The smallest absolute Gasteiger partial charge is 0.255 e. The van der Waals surface area contributed by atoms with E-state index >= 15 is 0 Å². The third-order valence-electron chi connectivity index (χ3n) is 4.96. The van der Waals surface area contributed by atoms with Crippen molar-refractivity contribution in [3.05, 3.63) is 52.8 Å². The van der Waals surface area contributed by atoms with Gasteiger partial charge in [0.15, 0.2) is 0 Å². The van der Waals surface area contributed by atoms with Crippen molar-refractivity contribution in [2.45, 2.75) is 12.5 Å². The summed E-state index contributed by atoms with van der Waals surface area (Å²) in [7, 11) is 1.47. The second-order valence-electron chi connectivity index (χ2n) is 7.24. The number of ether oxygens (including phenoxy) is 3. The fraction of sp³-hybridized carbons (Fsp3) is 0.409. The van der Waals surface area contributed by atoms with E-state index in [0.717, 1.165) is 19.5 Å². The van der Waals surface area contributed by atoms with E-state index in [0.29, 0.717) is 54.1 Å². The van der Waals surface area contributed by atoms with Crippen molar-refractivity contribution in [2.75, 3.05) is 52.2 Å². The molecular weight excluding hydrogens is 425 g/mol. The van der Waals surface area contributed by atoms with Crippen LogP contribution in [0.1, 0.15) is 16.8 Å². The van der Waals surface area contributed by atoms with E-state index in [2.05, 4.69) is 10.2 Å². The number of benzene rings is 2. The van der Waals surface area contributed by atoms with E-state index < -0.39 is 0 Å². The van der Waals surface area contributed by atoms with E-state index in [1.807, 2.05) is 0 Å². The summed E-state index contributed by atoms with van der Waals surface area (Å²) in [6, 6.07) is 9.15. The van der Waals surface area contributed by atoms with E-state index in [-0.39, 0.29) is 17.8 Å². The first-order valence-corrected chi connectivity index (χ1v) is 10.5. The number of hydrogen-bond donors (Lipinski definition) is 2. The number of methoxy groups -OCH3 is 1. The number of amides is 1. The summed E-state index contributed by atoms with van der Waals surface area (Å²) in [5.74, 6) is 0.280. The van der Waals surface area contributed by atoms with Gasteiger partial charge in [0.1, 0.15) is 17.3 Å². The molecule has 1 heterocycles. The standard InChI is InChI=1S/C22H27ClFN3O4/c1-29-21-12-20(25)19(23)11-18(21)22(28)26-13-17-14-27(7-9-31-17)6-3-8-30-16-5-2-4-15(24)10-16/h2,4-5,10-12,17H,3,6-9,13-14,25H2,1H3,(H,26,28). The highest BCUT2D eigenvalue weighted by Gasteiger charge is 2.22. The van der Waals surface area contributed by atoms with Gasteiger partial charge in [0.25, 0.3) is 5.91 Å². The Morgan fingerprint density at radius 3 is 3.00 bits per heavy atom. The monoisotopic (exact) mass is 451 g/mol. The number of halogens is 2. The SMILES string of the molecule is COc1cc(N)c(Cl)cc1C(=O)NCC1CN(CCCOc2cccc(F)c2)CCO1. The minimum Gasteiger partial charge on any atom is -0.496 e. The number of nitrogens with two attached hydrogens (primary N) is 1. The summed E-state index contributed by atoms with van der Waals surface area (Å²) < 4.78 is 29.8. The van der Waals surface area contributed by atoms with Crippen molar-refractivity contribution in [3.8, 4) is 11.5 Å². The zero-order valence-corrected chi connectivity index (χ0v) is 18.2. The fourth-order valence-corrected chi connectivity index (χ4v) is 3.52. The molecule has 7 nitrogen and oxygen atoms in total. The van der Waals surface area contributed by atoms with Crippen molar-refractivity contribution >= 4 is 23.2 Å². The molecule has 3 rings (SSSR count). The molecule has 0 aromatic heterocycles. The van der Waals surface area contributed by atoms with Crippen molar-refractivity contribution in [1.82, 2.24) is 10.2 Å². The minimum absolute atomic E-state index is 0.128. The van der Waals surface area contributed by atoms with Crippen LogP contribution >= 0.6 is 11.6 Å². The molecule has 1 aliphatic rings. The Morgan fingerprint density at radius 2 is 2.23 bits per heavy atom. The van der Waals surface area contributed by atoms with Crippen LogP contribution in [-0.2, 0) is 4.74 Å². The first kappa shape index (κ1) is 23.1. The number of anilines is 1. The molecule has 168 valence electrons. The number of nitrogens with zero attached hydrogens (tertiary/aromatic N) is 1. The van der Waals surface area contributed by atoms with Gasteiger partial charge in [-0.05, 0) is 24.6 Å². The van der Waals surface area contributed by atoms with Crippen LogP contribution in [0.4, 0.5) is 10.1 Å². The third-order valence-corrected chi connectivity index (χ3v) is 5.29. The van der Waals surface area contributed by atoms with Gasteiger partial charge < -0.3 is 25.3 Å². The van der Waals surface area contributed by atoms with Gasteiger partial charge in [0.2, 0.25) is 0 Å². The lowest BCUT2D eigenvalue weighted by Crippen LogP contribution is -2.47. The maximum absolute atomic E-state index is 13.2. The summed E-state index contributed by atoms with van der Waals surface area (Å²) in [6.07, 6.45) is 0.675. The normalized spacial score (nSPS) is 16.7. The number of hydrogen-bond acceptors (Lipinski definition) is 6. The highest BCUT2D eigenvalue weighted by atomic mass is 35.5. The van der Waals surface area contributed by atoms with Gasteiger partial charge in [-0.25, -0.2) is 4.39 Å². The lowest BCUT2D eigenvalue weighted by Gasteiger charge is -2.33. The number of carbonyl (C=O) groups excluding carboxylic acids is 1. The zero-order chi connectivity index (χ0) is 22.2. The molecule has 0 radical (unpaired) electrons. The van der Waals surface area contributed by atoms with Gasteiger partial charge in [0, 0.05) is 38.3 Å². The molecule has 0 spiro atoms. The van der Waals surface area contributed by atoms with Gasteiger partial charge in [-0.3, -0.25) is 9.69 Å². The summed E-state index contributed by atoms with van der Waals surface area (Å²) in [5.41, 5.74) is 6.44. The van der Waals surface area contributed by atoms with Gasteiger partial charge in [0.05, 0.1) is 42.7 Å². The summed E-state index contributed by atoms with van der Waals surface area (Å²) in [5, 5.41) is 3.17. The van der Waals surface area contributed by atoms with E-state index in [1.165, 1.54) is 31.4 Å². The maximum atomic E-state index is 13.2. The minimum atomic E-state index is -0.311. The topological polar surface area (TPSA) is 86.0 Å². The fourth-order valence-electron chi connectivity index (χ4n) is 3.36. The molecule has 0 saturated carbocycles. The molecule has 0 aliphatic carbocycles. The van der Waals surface area contributed by atoms with Crippen molar-refractivity contribution in [3.63, 3.8) is 0 Å². The number of nitrogens with one attached hydrogen (secondary N) is 1. The number of morpholine rings is 1. The summed E-state index contributed by atoms with van der Waals surface area (Å²) in [4.78, 5) is 14.8. The third kappa shape index (κ3) is 6.72. The van der Waals surface area contributed by atoms with Crippen LogP contribution in [0.3, 0.4) is 0 Å². The van der Waals surface area contributed by atoms with E-state index in [9.17, 15) is 9.18 Å². The second-order valence-corrected chi connectivity index (χ2v) is 7.64. The Balaban J connectivity index is 1.42. The van der Waals surface area contributed by atoms with Crippen LogP contribution < -0.4 is 20.5 Å². The first-order valence-electron chi connectivity index (χ1n) is 10.1. The Labute approximate surface area is 186 Å². The van der Waals surface area contributed by atoms with Gasteiger partial charge in [-0.2, -0.15) is 0 Å². The molecule has 1 amide bonds. The maximum Gasteiger partial charge on any atom is 0.255 e. The van der Waals surface area contributed by atoms with Gasteiger partial charge in [-0.1, -0.05) is 17.7 Å². The van der Waals surface area contributed by atoms with E-state index in [4.69, 9.17) is 31.5 Å². The molecule has 1 fully saturated rings. The predicted octanol–water partition coefficient (Wildman–Crippen LogP) is 2.97. The highest BCUT2D eigenvalue weighted by Crippen LogP contribution is 2.28. The molecule has 3 N–H and O–H groups in total. The van der Waals surface area contributed by atoms with Crippen LogP contribution in [-0.4, -0.2) is 63.4 Å². The lowest BCUT2D eigenvalue weighted by atomic mass is 10.1. The van der Waals surface area contributed by atoms with Crippen molar-refractivity contribution < 1.29 is 23.4 Å². The average molecular weight is 452 g/mol. The predicted molar refractivity (Wildman–Crippen MR) is 117 cm³/mol. The molecule has 31 heavy (non-hydrogen) atoms. The first-order chi connectivity index (χ1) is 15.0. The quantitative estimate of drug-likeness (QED) is 0.450. The van der Waals surface area contributed by atoms with Gasteiger partial charge in [-0.15, -0.1) is 0 Å². The summed E-state index contributed by atoms with van der Waals surface area (Å²) >= 11 is 6.04. The molecular formula is C22H27ClFN3O4. The molecule has 0 bridgehead atoms.